The van der Waals surface area contributed by atoms with Gasteiger partial charge in [-0.2, -0.15) is 9.97 Å². The predicted octanol–water partition coefficient (Wildman–Crippen LogP) is 6.14. The molecule has 0 aliphatic carbocycles. The molecule has 10 heteroatoms. The largest absolute Gasteiger partial charge is 0.461 e. The van der Waals surface area contributed by atoms with Crippen molar-refractivity contribution in [1.29, 1.82) is 0 Å². The molecule has 0 unspecified atom stereocenters. The molecule has 7 nitrogen and oxygen atoms in total. The van der Waals surface area contributed by atoms with Crippen LogP contribution in [-0.4, -0.2) is 76.4 Å². The number of alkyl halides is 1. The number of benzene rings is 2. The molecule has 0 amide bonds. The number of pyridine rings is 1. The number of ether oxygens (including phenoxy) is 1. The average Bonchev–Trinajstić information content (AvgIpc) is 3.53. The lowest BCUT2D eigenvalue weighted by Gasteiger charge is -2.44. The van der Waals surface area contributed by atoms with Crippen LogP contribution in [0.15, 0.2) is 30.3 Å². The van der Waals surface area contributed by atoms with E-state index in [1.807, 2.05) is 12.1 Å². The van der Waals surface area contributed by atoms with Gasteiger partial charge < -0.3 is 15.0 Å². The van der Waals surface area contributed by atoms with Crippen LogP contribution in [0.25, 0.3) is 32.9 Å². The number of hydrogen-bond acceptors (Lipinski definition) is 7. The fourth-order valence-electron chi connectivity index (χ4n) is 8.80. The molecule has 236 valence electrons. The van der Waals surface area contributed by atoms with Crippen molar-refractivity contribution >= 4 is 27.5 Å². The van der Waals surface area contributed by atoms with Crippen LogP contribution >= 0.6 is 0 Å². The van der Waals surface area contributed by atoms with E-state index in [0.717, 1.165) is 43.4 Å². The highest BCUT2D eigenvalue weighted by Crippen LogP contribution is 2.44. The van der Waals surface area contributed by atoms with E-state index in [-0.39, 0.29) is 53.2 Å². The summed E-state index contributed by atoms with van der Waals surface area (Å²) in [5.74, 6) is -0.0844. The lowest BCUT2D eigenvalue weighted by molar-refractivity contribution is 0.107. The quantitative estimate of drug-likeness (QED) is 0.289. The van der Waals surface area contributed by atoms with Gasteiger partial charge in [-0.25, -0.2) is 18.2 Å². The van der Waals surface area contributed by atoms with Crippen molar-refractivity contribution in [1.82, 2.24) is 25.2 Å². The monoisotopic (exact) mass is 616 g/mol. The zero-order chi connectivity index (χ0) is 31.0. The molecule has 1 N–H and O–H groups in total. The highest BCUT2D eigenvalue weighted by Gasteiger charge is 2.49. The van der Waals surface area contributed by atoms with Crippen LogP contribution in [0.3, 0.4) is 0 Å². The summed E-state index contributed by atoms with van der Waals surface area (Å²) < 4.78 is 52.8. The zero-order valence-electron chi connectivity index (χ0n) is 26.0. The van der Waals surface area contributed by atoms with Crippen molar-refractivity contribution in [3.8, 4) is 17.3 Å². The zero-order valence-corrected chi connectivity index (χ0v) is 26.0. The molecule has 0 spiro atoms. The maximum absolute atomic E-state index is 17.0. The summed E-state index contributed by atoms with van der Waals surface area (Å²) in [5.41, 5.74) is 1.65. The number of fused-ring (bicyclic) bond motifs is 4. The van der Waals surface area contributed by atoms with E-state index in [9.17, 15) is 8.78 Å². The first-order valence-electron chi connectivity index (χ1n) is 16.4. The smallest absolute Gasteiger partial charge is 0.319 e. The third-order valence-corrected chi connectivity index (χ3v) is 10.9. The van der Waals surface area contributed by atoms with Gasteiger partial charge in [-0.1, -0.05) is 38.1 Å². The third kappa shape index (κ3) is 4.50. The first-order valence-corrected chi connectivity index (χ1v) is 16.4. The highest BCUT2D eigenvalue weighted by molar-refractivity contribution is 6.01. The van der Waals surface area contributed by atoms with Crippen molar-refractivity contribution in [2.75, 3.05) is 37.7 Å². The van der Waals surface area contributed by atoms with E-state index in [2.05, 4.69) is 29.0 Å². The molecule has 2 aromatic heterocycles. The van der Waals surface area contributed by atoms with Gasteiger partial charge in [-0.05, 0) is 67.5 Å². The van der Waals surface area contributed by atoms with Gasteiger partial charge in [0.15, 0.2) is 5.82 Å². The van der Waals surface area contributed by atoms with Crippen molar-refractivity contribution in [3.63, 3.8) is 0 Å². The lowest BCUT2D eigenvalue weighted by atomic mass is 9.87. The minimum Gasteiger partial charge on any atom is -0.461 e. The van der Waals surface area contributed by atoms with Crippen molar-refractivity contribution in [2.45, 2.75) is 76.7 Å². The molecular formula is C35H39F3N6O. The van der Waals surface area contributed by atoms with Crippen LogP contribution in [0.5, 0.6) is 6.01 Å². The van der Waals surface area contributed by atoms with Gasteiger partial charge in [0.1, 0.15) is 35.6 Å². The van der Waals surface area contributed by atoms with Crippen LogP contribution in [0, 0.1) is 24.5 Å². The molecular weight excluding hydrogens is 577 g/mol. The number of anilines is 1. The minimum absolute atomic E-state index is 0.100. The SMILES string of the molecule is CC[C@@H]1NCCN2c3nc(OC[C@@]45CCCN4C[C@H](F)C5)nc4c(F)c(-c5cccc6ccc(F)c(C)c56)nc(c34)C[C@H](C)[C@H]12. The molecule has 45 heavy (non-hydrogen) atoms. The Kier molecular flexibility index (Phi) is 6.94. The molecule has 4 aromatic rings. The summed E-state index contributed by atoms with van der Waals surface area (Å²) in [4.78, 5) is 19.2. The minimum atomic E-state index is -0.882. The fraction of sp³-hybridized carbons (Fsp3) is 0.514. The van der Waals surface area contributed by atoms with Crippen LogP contribution in [0.4, 0.5) is 19.0 Å². The van der Waals surface area contributed by atoms with E-state index >= 15 is 4.39 Å². The second kappa shape index (κ2) is 10.8. The summed E-state index contributed by atoms with van der Waals surface area (Å²) in [6, 6.07) is 9.18. The molecule has 3 fully saturated rings. The summed E-state index contributed by atoms with van der Waals surface area (Å²) >= 11 is 0. The molecule has 5 atom stereocenters. The van der Waals surface area contributed by atoms with Crippen LogP contribution in [-0.2, 0) is 6.42 Å². The maximum atomic E-state index is 17.0. The number of halogens is 3. The van der Waals surface area contributed by atoms with Crippen LogP contribution in [0.2, 0.25) is 0 Å². The van der Waals surface area contributed by atoms with E-state index in [1.165, 1.54) is 6.07 Å². The normalized spacial score (nSPS) is 28.0. The Labute approximate surface area is 261 Å². The van der Waals surface area contributed by atoms with Gasteiger partial charge in [-0.15, -0.1) is 0 Å². The van der Waals surface area contributed by atoms with E-state index < -0.39 is 12.0 Å². The molecule has 2 aromatic carbocycles. The number of hydrogen-bond donors (Lipinski definition) is 1. The standard InChI is InChI=1S/C35H39F3N6O/c1-4-25-32-19(2)15-26-28-31(29(38)30(40-26)23-8-5-7-21-9-10-24(37)20(3)27(21)23)41-34(42-33(28)44(32)14-12-39-25)45-18-35-11-6-13-43(35)17-22(36)16-35/h5,7-10,19,22,25,32,39H,4,6,11-18H2,1-3H3/t19-,22+,25-,32+,35-/m0/s1. The second-order valence-electron chi connectivity index (χ2n) is 13.5. The predicted molar refractivity (Wildman–Crippen MR) is 170 cm³/mol. The number of rotatable bonds is 5. The van der Waals surface area contributed by atoms with E-state index in [1.54, 1.807) is 19.1 Å². The number of nitrogens with zero attached hydrogens (tertiary/aromatic N) is 5. The molecule has 0 saturated carbocycles. The van der Waals surface area contributed by atoms with Crippen molar-refractivity contribution < 1.29 is 17.9 Å². The van der Waals surface area contributed by atoms with E-state index in [4.69, 9.17) is 19.7 Å². The van der Waals surface area contributed by atoms with Gasteiger partial charge in [0.2, 0.25) is 0 Å². The van der Waals surface area contributed by atoms with Gasteiger partial charge in [0.25, 0.3) is 0 Å². The van der Waals surface area contributed by atoms with Gasteiger partial charge >= 0.3 is 6.01 Å². The molecule has 6 heterocycles. The third-order valence-electron chi connectivity index (χ3n) is 10.9. The molecule has 3 saturated heterocycles. The average molecular weight is 617 g/mol. The first-order chi connectivity index (χ1) is 21.8. The van der Waals surface area contributed by atoms with E-state index in [0.29, 0.717) is 53.6 Å². The summed E-state index contributed by atoms with van der Waals surface area (Å²) in [6.45, 7) is 9.14. The van der Waals surface area contributed by atoms with Crippen LogP contribution in [0.1, 0.15) is 50.8 Å². The second-order valence-corrected chi connectivity index (χ2v) is 13.5. The van der Waals surface area contributed by atoms with Gasteiger partial charge in [0.05, 0.1) is 16.6 Å². The Bertz CT molecular complexity index is 1820. The molecule has 8 rings (SSSR count). The van der Waals surface area contributed by atoms with Gasteiger partial charge in [0, 0.05) is 43.7 Å². The Morgan fingerprint density at radius 3 is 2.80 bits per heavy atom. The maximum Gasteiger partial charge on any atom is 0.319 e. The molecule has 0 radical (unpaired) electrons. The number of nitrogens with one attached hydrogen (secondary N) is 1. The number of piperazine rings is 1. The fourth-order valence-corrected chi connectivity index (χ4v) is 8.80. The van der Waals surface area contributed by atoms with Crippen LogP contribution < -0.4 is 15.0 Å². The molecule has 4 aliphatic rings. The highest BCUT2D eigenvalue weighted by atomic mass is 19.1. The summed E-state index contributed by atoms with van der Waals surface area (Å²) in [5, 5.41) is 5.75. The van der Waals surface area contributed by atoms with Crippen molar-refractivity contribution in [2.24, 2.45) is 5.92 Å². The first kappa shape index (κ1) is 28.9. The number of aryl methyl sites for hydroxylation is 1. The van der Waals surface area contributed by atoms with Crippen molar-refractivity contribution in [3.05, 3.63) is 53.2 Å². The Morgan fingerprint density at radius 2 is 1.96 bits per heavy atom. The molecule has 0 bridgehead atoms. The van der Waals surface area contributed by atoms with Gasteiger partial charge in [-0.3, -0.25) is 4.90 Å². The molecule has 4 aliphatic heterocycles. The Balaban J connectivity index is 1.33. The summed E-state index contributed by atoms with van der Waals surface area (Å²) in [6.07, 6.45) is 2.95. The number of aromatic nitrogens is 3. The Morgan fingerprint density at radius 1 is 1.09 bits per heavy atom. The summed E-state index contributed by atoms with van der Waals surface area (Å²) in [7, 11) is 0. The Hall–Kier alpha value is -3.50. The lowest BCUT2D eigenvalue weighted by Crippen LogP contribution is -2.60. The topological polar surface area (TPSA) is 66.4 Å².